The summed E-state index contributed by atoms with van der Waals surface area (Å²) in [6.45, 7) is 4.00. The van der Waals surface area contributed by atoms with Crippen LogP contribution in [0.3, 0.4) is 0 Å². The van der Waals surface area contributed by atoms with E-state index in [-0.39, 0.29) is 24.8 Å². The molecule has 2 aromatic rings. The van der Waals surface area contributed by atoms with Crippen molar-refractivity contribution >= 4 is 41.2 Å². The summed E-state index contributed by atoms with van der Waals surface area (Å²) in [5.41, 5.74) is 6.56. The first-order valence-corrected chi connectivity index (χ1v) is 13.0. The number of nitrogens with zero attached hydrogens (tertiary/aromatic N) is 2. The van der Waals surface area contributed by atoms with Crippen LogP contribution in [0, 0.1) is 5.92 Å². The molecule has 3 rings (SSSR count). The zero-order chi connectivity index (χ0) is 26.4. The van der Waals surface area contributed by atoms with Crippen LogP contribution in [-0.4, -0.2) is 64.1 Å². The van der Waals surface area contributed by atoms with Gasteiger partial charge in [-0.15, -0.1) is 11.8 Å². The number of rotatable bonds is 9. The molecule has 0 radical (unpaired) electrons. The topological polar surface area (TPSA) is 139 Å². The normalized spacial score (nSPS) is 18.1. The Morgan fingerprint density at radius 3 is 2.53 bits per heavy atom. The zero-order valence-corrected chi connectivity index (χ0v) is 21.8. The second-order valence-corrected chi connectivity index (χ2v) is 10.2. The van der Waals surface area contributed by atoms with Crippen molar-refractivity contribution in [1.29, 1.82) is 0 Å². The van der Waals surface area contributed by atoms with E-state index < -0.39 is 36.0 Å². The van der Waals surface area contributed by atoms with Gasteiger partial charge < -0.3 is 31.2 Å². The first-order chi connectivity index (χ1) is 17.1. The van der Waals surface area contributed by atoms with Gasteiger partial charge in [0.05, 0.1) is 6.04 Å². The van der Waals surface area contributed by atoms with Gasteiger partial charge in [0.25, 0.3) is 5.91 Å². The maximum absolute atomic E-state index is 13.3. The molecule has 194 valence electrons. The lowest BCUT2D eigenvalue weighted by Crippen LogP contribution is -2.52. The predicted octanol–water partition coefficient (Wildman–Crippen LogP) is 2.17. The number of likely N-dealkylation sites (tertiary alicyclic amines) is 1. The number of thioether (sulfide) groups is 1. The van der Waals surface area contributed by atoms with Crippen molar-refractivity contribution in [2.75, 3.05) is 18.1 Å². The van der Waals surface area contributed by atoms with Crippen LogP contribution in [0.15, 0.2) is 47.5 Å². The summed E-state index contributed by atoms with van der Waals surface area (Å²) in [4.78, 5) is 53.7. The molecule has 0 bridgehead atoms. The molecule has 1 fully saturated rings. The first kappa shape index (κ1) is 27.1. The lowest BCUT2D eigenvalue weighted by atomic mass is 10.0. The fourth-order valence-electron chi connectivity index (χ4n) is 4.28. The molecule has 36 heavy (non-hydrogen) atoms. The summed E-state index contributed by atoms with van der Waals surface area (Å²) in [5, 5.41) is 8.39. The summed E-state index contributed by atoms with van der Waals surface area (Å²) in [7, 11) is 1.75. The zero-order valence-electron chi connectivity index (χ0n) is 21.0. The van der Waals surface area contributed by atoms with Crippen LogP contribution in [0.1, 0.15) is 37.2 Å². The molecule has 3 atom stereocenters. The molecule has 0 spiro atoms. The van der Waals surface area contributed by atoms with Crippen LogP contribution >= 0.6 is 11.8 Å². The molecule has 5 amide bonds. The van der Waals surface area contributed by atoms with Crippen molar-refractivity contribution in [3.8, 4) is 0 Å². The molecule has 1 saturated heterocycles. The number of nitrogens with two attached hydrogens (primary N) is 1. The minimum absolute atomic E-state index is 0.134. The highest BCUT2D eigenvalue weighted by Gasteiger charge is 2.42. The van der Waals surface area contributed by atoms with Gasteiger partial charge in [-0.05, 0) is 55.3 Å². The molecule has 2 heterocycles. The van der Waals surface area contributed by atoms with E-state index in [1.807, 2.05) is 38.3 Å². The van der Waals surface area contributed by atoms with Gasteiger partial charge in [0.2, 0.25) is 11.8 Å². The van der Waals surface area contributed by atoms with Crippen molar-refractivity contribution < 1.29 is 19.2 Å². The quantitative estimate of drug-likeness (QED) is 0.380. The minimum Gasteiger partial charge on any atom is -0.368 e. The van der Waals surface area contributed by atoms with Crippen LogP contribution < -0.4 is 21.7 Å². The van der Waals surface area contributed by atoms with Gasteiger partial charge in [-0.2, -0.15) is 0 Å². The van der Waals surface area contributed by atoms with Crippen LogP contribution in [0.5, 0.6) is 0 Å². The Bertz CT molecular complexity index is 1120. The van der Waals surface area contributed by atoms with Gasteiger partial charge in [-0.25, -0.2) is 4.79 Å². The molecule has 1 aliphatic rings. The van der Waals surface area contributed by atoms with Crippen LogP contribution in [-0.2, 0) is 16.6 Å². The van der Waals surface area contributed by atoms with E-state index in [4.69, 9.17) is 5.73 Å². The number of benzene rings is 1. The summed E-state index contributed by atoms with van der Waals surface area (Å²) >= 11 is 1.56. The van der Waals surface area contributed by atoms with Crippen molar-refractivity contribution in [2.45, 2.75) is 49.7 Å². The van der Waals surface area contributed by atoms with Gasteiger partial charge in [-0.1, -0.05) is 19.9 Å². The highest BCUT2D eigenvalue weighted by molar-refractivity contribution is 7.98. The molecule has 1 aliphatic heterocycles. The number of hydrogen-bond acceptors (Lipinski definition) is 5. The molecule has 11 heteroatoms. The van der Waals surface area contributed by atoms with Gasteiger partial charge >= 0.3 is 6.03 Å². The smallest absolute Gasteiger partial charge is 0.319 e. The SMILES string of the molecule is CSc1cccc(NC(=O)NC2CC(C(=O)NC(CC(C)C)C(N)=O)N(C(=O)c3cccn3C)C2)c1. The van der Waals surface area contributed by atoms with E-state index >= 15 is 0 Å². The Morgan fingerprint density at radius 2 is 1.92 bits per heavy atom. The van der Waals surface area contributed by atoms with E-state index in [1.165, 1.54) is 4.90 Å². The number of carbonyl (C=O) groups excluding carboxylic acids is 4. The molecule has 10 nitrogen and oxygen atoms in total. The third kappa shape index (κ3) is 6.81. The number of carbonyl (C=O) groups is 4. The second-order valence-electron chi connectivity index (χ2n) is 9.33. The van der Waals surface area contributed by atoms with E-state index in [0.29, 0.717) is 17.8 Å². The van der Waals surface area contributed by atoms with Crippen LogP contribution in [0.2, 0.25) is 0 Å². The molecule has 5 N–H and O–H groups in total. The number of nitrogens with one attached hydrogen (secondary N) is 3. The van der Waals surface area contributed by atoms with Crippen molar-refractivity contribution in [3.63, 3.8) is 0 Å². The number of hydrogen-bond donors (Lipinski definition) is 4. The van der Waals surface area contributed by atoms with Crippen molar-refractivity contribution in [1.82, 2.24) is 20.1 Å². The van der Waals surface area contributed by atoms with Gasteiger partial charge in [0, 0.05) is 30.4 Å². The molecule has 1 aromatic heterocycles. The standard InChI is InChI=1S/C25H34N6O4S/c1-15(2)11-19(22(26)32)29-23(33)21-13-17(14-31(21)24(34)20-9-6-10-30(20)3)28-25(35)27-16-7-5-8-18(12-16)36-4/h5-10,12,15,17,19,21H,11,13-14H2,1-4H3,(H2,26,32)(H,29,33)(H2,27,28,35). The summed E-state index contributed by atoms with van der Waals surface area (Å²) < 4.78 is 1.68. The molecule has 0 saturated carbocycles. The average molecular weight is 515 g/mol. The Hall–Kier alpha value is -3.47. The highest BCUT2D eigenvalue weighted by Crippen LogP contribution is 2.23. The lowest BCUT2D eigenvalue weighted by Gasteiger charge is -2.26. The summed E-state index contributed by atoms with van der Waals surface area (Å²) in [6, 6.07) is 8.25. The van der Waals surface area contributed by atoms with Crippen LogP contribution in [0.4, 0.5) is 10.5 Å². The number of urea groups is 1. The number of amides is 5. The first-order valence-electron chi connectivity index (χ1n) is 11.8. The molecule has 0 aliphatic carbocycles. The number of anilines is 1. The number of aromatic nitrogens is 1. The number of primary amides is 1. The van der Waals surface area contributed by atoms with Gasteiger partial charge in [0.1, 0.15) is 17.8 Å². The predicted molar refractivity (Wildman–Crippen MR) is 140 cm³/mol. The largest absolute Gasteiger partial charge is 0.368 e. The number of aryl methyl sites for hydroxylation is 1. The summed E-state index contributed by atoms with van der Waals surface area (Å²) in [6.07, 6.45) is 4.29. The minimum atomic E-state index is -0.869. The Kier molecular flexibility index (Phi) is 9.03. The maximum atomic E-state index is 13.3. The molecule has 3 unspecified atom stereocenters. The van der Waals surface area contributed by atoms with E-state index in [1.54, 1.807) is 47.8 Å². The highest BCUT2D eigenvalue weighted by atomic mass is 32.2. The molecular weight excluding hydrogens is 480 g/mol. The Labute approximate surface area is 215 Å². The third-order valence-electron chi connectivity index (χ3n) is 6.06. The Morgan fingerprint density at radius 1 is 1.17 bits per heavy atom. The van der Waals surface area contributed by atoms with Crippen LogP contribution in [0.25, 0.3) is 0 Å². The fourth-order valence-corrected chi connectivity index (χ4v) is 4.74. The van der Waals surface area contributed by atoms with Crippen molar-refractivity contribution in [3.05, 3.63) is 48.3 Å². The lowest BCUT2D eigenvalue weighted by molar-refractivity contribution is -0.130. The monoisotopic (exact) mass is 514 g/mol. The fraction of sp³-hybridized carbons (Fsp3) is 0.440. The maximum Gasteiger partial charge on any atom is 0.319 e. The summed E-state index contributed by atoms with van der Waals surface area (Å²) in [5.74, 6) is -1.30. The van der Waals surface area contributed by atoms with Gasteiger partial charge in [-0.3, -0.25) is 14.4 Å². The Balaban J connectivity index is 1.75. The van der Waals surface area contributed by atoms with E-state index in [0.717, 1.165) is 4.90 Å². The molecule has 1 aromatic carbocycles. The van der Waals surface area contributed by atoms with Crippen molar-refractivity contribution in [2.24, 2.45) is 18.7 Å². The van der Waals surface area contributed by atoms with E-state index in [9.17, 15) is 19.2 Å². The third-order valence-corrected chi connectivity index (χ3v) is 6.78. The van der Waals surface area contributed by atoms with Gasteiger partial charge in [0.15, 0.2) is 0 Å². The molecular formula is C25H34N6O4S. The average Bonchev–Trinajstić information content (AvgIpc) is 3.44. The second kappa shape index (κ2) is 12.0. The van der Waals surface area contributed by atoms with E-state index in [2.05, 4.69) is 16.0 Å².